The molecule has 0 aliphatic heterocycles. The van der Waals surface area contributed by atoms with Crippen molar-refractivity contribution in [2.45, 2.75) is 0 Å². The van der Waals surface area contributed by atoms with Crippen molar-refractivity contribution in [3.8, 4) is 34.2 Å². The largest absolute Gasteiger partial charge is 0.454 e. The van der Waals surface area contributed by atoms with Crippen LogP contribution in [0.3, 0.4) is 0 Å². The van der Waals surface area contributed by atoms with E-state index in [2.05, 4.69) is 132 Å². The Kier molecular flexibility index (Phi) is 5.51. The van der Waals surface area contributed by atoms with Gasteiger partial charge in [-0.2, -0.15) is 0 Å². The molecule has 218 valence electrons. The minimum absolute atomic E-state index is 0.590. The van der Waals surface area contributed by atoms with Crippen molar-refractivity contribution in [3.05, 3.63) is 146 Å². The summed E-state index contributed by atoms with van der Waals surface area (Å²) in [7, 11) is 0. The van der Waals surface area contributed by atoms with Crippen molar-refractivity contribution >= 4 is 65.0 Å². The summed E-state index contributed by atoms with van der Waals surface area (Å²) in [5.74, 6) is 1.83. The molecule has 0 aliphatic rings. The van der Waals surface area contributed by atoms with Gasteiger partial charge in [-0.3, -0.25) is 4.98 Å². The molecular formula is C42H24N4O. The van der Waals surface area contributed by atoms with Crippen LogP contribution in [0.1, 0.15) is 0 Å². The van der Waals surface area contributed by atoms with Gasteiger partial charge in [0.15, 0.2) is 23.1 Å². The first-order valence-electron chi connectivity index (χ1n) is 15.6. The molecule has 0 radical (unpaired) electrons. The van der Waals surface area contributed by atoms with Crippen LogP contribution in [-0.2, 0) is 0 Å². The monoisotopic (exact) mass is 600 g/mol. The van der Waals surface area contributed by atoms with E-state index in [1.54, 1.807) is 6.20 Å². The molecule has 0 atom stereocenters. The Balaban J connectivity index is 1.30. The molecule has 0 saturated heterocycles. The van der Waals surface area contributed by atoms with Crippen LogP contribution in [0.2, 0.25) is 0 Å². The number of rotatable bonds is 3. The minimum atomic E-state index is 0.590. The summed E-state index contributed by atoms with van der Waals surface area (Å²) in [6.45, 7) is 0. The summed E-state index contributed by atoms with van der Waals surface area (Å²) < 4.78 is 6.37. The Morgan fingerprint density at radius 2 is 1.02 bits per heavy atom. The second-order valence-electron chi connectivity index (χ2n) is 11.9. The number of hydrogen-bond acceptors (Lipinski definition) is 5. The molecule has 0 saturated carbocycles. The first-order chi connectivity index (χ1) is 23.3. The van der Waals surface area contributed by atoms with Crippen LogP contribution in [0.5, 0.6) is 0 Å². The average Bonchev–Trinajstić information content (AvgIpc) is 3.53. The van der Waals surface area contributed by atoms with Crippen LogP contribution in [0.4, 0.5) is 0 Å². The third-order valence-corrected chi connectivity index (χ3v) is 9.18. The molecule has 47 heavy (non-hydrogen) atoms. The molecule has 0 amide bonds. The van der Waals surface area contributed by atoms with Crippen molar-refractivity contribution in [1.29, 1.82) is 0 Å². The highest BCUT2D eigenvalue weighted by Crippen LogP contribution is 2.40. The molecule has 0 unspecified atom stereocenters. The van der Waals surface area contributed by atoms with E-state index in [-0.39, 0.29) is 0 Å². The van der Waals surface area contributed by atoms with Crippen molar-refractivity contribution in [2.24, 2.45) is 0 Å². The Hall–Kier alpha value is -6.46. The summed E-state index contributed by atoms with van der Waals surface area (Å²) in [5, 5.41) is 11.1. The fraction of sp³-hybridized carbons (Fsp3) is 0. The molecule has 7 aromatic carbocycles. The van der Waals surface area contributed by atoms with Crippen molar-refractivity contribution in [3.63, 3.8) is 0 Å². The van der Waals surface area contributed by atoms with Gasteiger partial charge in [-0.25, -0.2) is 15.0 Å². The van der Waals surface area contributed by atoms with Crippen LogP contribution < -0.4 is 0 Å². The van der Waals surface area contributed by atoms with Gasteiger partial charge in [-0.15, -0.1) is 0 Å². The van der Waals surface area contributed by atoms with E-state index in [0.29, 0.717) is 17.5 Å². The fourth-order valence-corrected chi connectivity index (χ4v) is 6.99. The van der Waals surface area contributed by atoms with E-state index in [1.807, 2.05) is 12.3 Å². The highest BCUT2D eigenvalue weighted by molar-refractivity contribution is 6.21. The molecule has 10 aromatic rings. The van der Waals surface area contributed by atoms with Crippen LogP contribution >= 0.6 is 0 Å². The van der Waals surface area contributed by atoms with E-state index in [4.69, 9.17) is 19.4 Å². The fourth-order valence-electron chi connectivity index (χ4n) is 6.99. The minimum Gasteiger partial charge on any atom is -0.454 e. The summed E-state index contributed by atoms with van der Waals surface area (Å²) in [6.07, 6.45) is 3.58. The Morgan fingerprint density at radius 3 is 1.83 bits per heavy atom. The zero-order valence-corrected chi connectivity index (χ0v) is 25.1. The van der Waals surface area contributed by atoms with Crippen LogP contribution in [0.25, 0.3) is 99.2 Å². The van der Waals surface area contributed by atoms with Gasteiger partial charge in [0.25, 0.3) is 0 Å². The molecule has 0 bridgehead atoms. The summed E-state index contributed by atoms with van der Waals surface area (Å²) >= 11 is 0. The molecule has 3 heterocycles. The van der Waals surface area contributed by atoms with Gasteiger partial charge in [0.2, 0.25) is 0 Å². The van der Waals surface area contributed by atoms with Gasteiger partial charge < -0.3 is 4.42 Å². The Labute approximate surface area is 268 Å². The molecule has 10 rings (SSSR count). The standard InChI is InChI=1S/C42H24N4O/c1-2-10-26-21-28(18-17-25(26)9-1)40-44-41(35-22-27-11-3-4-12-29(27)30-13-5-6-14-31(30)35)46-42(45-40)36-23-37-39(33-16-8-7-15-32(33)36)34-19-20-43-24-38(34)47-37/h1-24H. The molecule has 5 nitrogen and oxygen atoms in total. The highest BCUT2D eigenvalue weighted by Gasteiger charge is 2.20. The van der Waals surface area contributed by atoms with E-state index in [1.165, 1.54) is 10.8 Å². The maximum Gasteiger partial charge on any atom is 0.164 e. The van der Waals surface area contributed by atoms with Crippen molar-refractivity contribution < 1.29 is 4.42 Å². The number of fused-ring (bicyclic) bond motifs is 9. The Morgan fingerprint density at radius 1 is 0.404 bits per heavy atom. The maximum atomic E-state index is 6.37. The van der Waals surface area contributed by atoms with Gasteiger partial charge in [-0.1, -0.05) is 109 Å². The van der Waals surface area contributed by atoms with Gasteiger partial charge in [0.1, 0.15) is 5.58 Å². The number of hydrogen-bond donors (Lipinski definition) is 0. The lowest BCUT2D eigenvalue weighted by Gasteiger charge is -2.13. The first-order valence-corrected chi connectivity index (χ1v) is 15.6. The predicted octanol–water partition coefficient (Wildman–Crippen LogP) is 10.8. The normalized spacial score (nSPS) is 11.8. The molecule has 0 fully saturated rings. The molecule has 3 aromatic heterocycles. The van der Waals surface area contributed by atoms with Gasteiger partial charge >= 0.3 is 0 Å². The van der Waals surface area contributed by atoms with Gasteiger partial charge in [-0.05, 0) is 67.4 Å². The molecule has 0 N–H and O–H groups in total. The van der Waals surface area contributed by atoms with Crippen LogP contribution in [0, 0.1) is 0 Å². The topological polar surface area (TPSA) is 64.7 Å². The van der Waals surface area contributed by atoms with E-state index < -0.39 is 0 Å². The quantitative estimate of drug-likeness (QED) is 0.189. The molecule has 5 heteroatoms. The zero-order chi connectivity index (χ0) is 30.9. The molecule has 0 spiro atoms. The number of aromatic nitrogens is 4. The lowest BCUT2D eigenvalue weighted by Crippen LogP contribution is -2.01. The SMILES string of the molecule is c1ccc2cc(-c3nc(-c4cc5ccccc5c5ccccc45)nc(-c4cc5oc6cnccc6c5c5ccccc45)n3)ccc2c1. The van der Waals surface area contributed by atoms with E-state index >= 15 is 0 Å². The lowest BCUT2D eigenvalue weighted by atomic mass is 9.96. The lowest BCUT2D eigenvalue weighted by molar-refractivity contribution is 0.667. The average molecular weight is 601 g/mol. The zero-order valence-electron chi connectivity index (χ0n) is 25.1. The number of nitrogens with zero attached hydrogens (tertiary/aromatic N) is 4. The van der Waals surface area contributed by atoms with E-state index in [9.17, 15) is 0 Å². The summed E-state index contributed by atoms with van der Waals surface area (Å²) in [4.78, 5) is 19.9. The van der Waals surface area contributed by atoms with Crippen molar-refractivity contribution in [2.75, 3.05) is 0 Å². The van der Waals surface area contributed by atoms with Gasteiger partial charge in [0, 0.05) is 33.7 Å². The second kappa shape index (κ2) is 10.0. The van der Waals surface area contributed by atoms with E-state index in [0.717, 1.165) is 70.9 Å². The summed E-state index contributed by atoms with van der Waals surface area (Å²) in [6, 6.07) is 46.4. The predicted molar refractivity (Wildman–Crippen MR) is 191 cm³/mol. The number of benzene rings is 7. The maximum absolute atomic E-state index is 6.37. The van der Waals surface area contributed by atoms with Crippen LogP contribution in [-0.4, -0.2) is 19.9 Å². The third kappa shape index (κ3) is 4.03. The number of furan rings is 1. The summed E-state index contributed by atoms with van der Waals surface area (Å²) in [5.41, 5.74) is 4.30. The molecule has 0 aliphatic carbocycles. The number of pyridine rings is 1. The third-order valence-electron chi connectivity index (χ3n) is 9.18. The van der Waals surface area contributed by atoms with Gasteiger partial charge in [0.05, 0.1) is 6.20 Å². The molecular weight excluding hydrogens is 576 g/mol. The first kappa shape index (κ1) is 25.8. The highest BCUT2D eigenvalue weighted by atomic mass is 16.3. The van der Waals surface area contributed by atoms with Crippen LogP contribution in [0.15, 0.2) is 150 Å². The second-order valence-corrected chi connectivity index (χ2v) is 11.9. The smallest absolute Gasteiger partial charge is 0.164 e. The Bertz CT molecular complexity index is 2870. The van der Waals surface area contributed by atoms with Crippen molar-refractivity contribution in [1.82, 2.24) is 19.9 Å².